The lowest BCUT2D eigenvalue weighted by Gasteiger charge is -2.15. The van der Waals surface area contributed by atoms with Crippen LogP contribution < -0.4 is 0 Å². The predicted molar refractivity (Wildman–Crippen MR) is 101 cm³/mol. The molecule has 0 heterocycles. The molecule has 134 valence electrons. The van der Waals surface area contributed by atoms with Crippen molar-refractivity contribution in [1.82, 2.24) is 0 Å². The summed E-state index contributed by atoms with van der Waals surface area (Å²) in [7, 11) is 0. The highest BCUT2D eigenvalue weighted by molar-refractivity contribution is 7.81. The third-order valence-electron chi connectivity index (χ3n) is 4.48. The second-order valence-corrected chi connectivity index (χ2v) is 7.37. The monoisotopic (exact) mass is 332 g/mol. The lowest BCUT2D eigenvalue weighted by Crippen LogP contribution is -2.24. The minimum Gasteiger partial charge on any atom is -0.394 e. The number of rotatable bonds is 17. The van der Waals surface area contributed by atoms with E-state index in [0.29, 0.717) is 0 Å². The molecule has 0 aliphatic rings. The largest absolute Gasteiger partial charge is 0.394 e. The molecule has 0 fully saturated rings. The van der Waals surface area contributed by atoms with E-state index in [1.165, 1.54) is 83.5 Å². The fourth-order valence-corrected chi connectivity index (χ4v) is 3.14. The molecule has 0 aliphatic heterocycles. The van der Waals surface area contributed by atoms with Crippen LogP contribution in [0.25, 0.3) is 0 Å². The predicted octanol–water partition coefficient (Wildman–Crippen LogP) is 5.51. The molecule has 0 rings (SSSR count). The van der Waals surface area contributed by atoms with Crippen molar-refractivity contribution in [3.8, 4) is 0 Å². The van der Waals surface area contributed by atoms with Crippen LogP contribution in [0, 0.1) is 0 Å². The number of hydrogen-bond donors (Lipinski definition) is 3. The molecule has 2 atom stereocenters. The van der Waals surface area contributed by atoms with Crippen LogP contribution >= 0.6 is 12.6 Å². The molecular weight excluding hydrogens is 292 g/mol. The summed E-state index contributed by atoms with van der Waals surface area (Å²) in [5.41, 5.74) is 0. The molecule has 2 unspecified atom stereocenters. The third kappa shape index (κ3) is 15.2. The Balaban J connectivity index is 3.08. The maximum atomic E-state index is 9.40. The van der Waals surface area contributed by atoms with Crippen molar-refractivity contribution < 1.29 is 10.2 Å². The van der Waals surface area contributed by atoms with Gasteiger partial charge in [0.1, 0.15) is 0 Å². The number of aliphatic hydroxyl groups is 2. The van der Waals surface area contributed by atoms with E-state index in [1.54, 1.807) is 0 Å². The first kappa shape index (κ1) is 22.3. The standard InChI is InChI=1S/C19H40O2S/c1-2-3-4-5-6-7-8-9-10-11-12-13-14-15-16-19(22)18(21)17-20/h18-22H,2-17H2,1H3. The van der Waals surface area contributed by atoms with E-state index in [-0.39, 0.29) is 11.9 Å². The van der Waals surface area contributed by atoms with Gasteiger partial charge in [0, 0.05) is 5.25 Å². The van der Waals surface area contributed by atoms with Gasteiger partial charge in [-0.25, -0.2) is 0 Å². The van der Waals surface area contributed by atoms with Gasteiger partial charge in [-0.15, -0.1) is 0 Å². The summed E-state index contributed by atoms with van der Waals surface area (Å²) in [6.45, 7) is 2.10. The molecule has 0 spiro atoms. The Labute approximate surface area is 144 Å². The molecule has 0 aromatic carbocycles. The molecule has 3 heteroatoms. The van der Waals surface area contributed by atoms with Crippen molar-refractivity contribution in [2.75, 3.05) is 6.61 Å². The molecule has 0 aromatic heterocycles. The average molecular weight is 333 g/mol. The van der Waals surface area contributed by atoms with Gasteiger partial charge in [-0.1, -0.05) is 96.8 Å². The summed E-state index contributed by atoms with van der Waals surface area (Å²) >= 11 is 4.31. The first-order valence-corrected chi connectivity index (χ1v) is 10.2. The molecule has 0 amide bonds. The van der Waals surface area contributed by atoms with Gasteiger partial charge < -0.3 is 10.2 Å². The molecule has 2 N–H and O–H groups in total. The van der Waals surface area contributed by atoms with Crippen molar-refractivity contribution in [3.63, 3.8) is 0 Å². The first-order valence-electron chi connectivity index (χ1n) is 9.69. The van der Waals surface area contributed by atoms with Gasteiger partial charge in [0.25, 0.3) is 0 Å². The maximum Gasteiger partial charge on any atom is 0.0886 e. The van der Waals surface area contributed by atoms with E-state index in [0.717, 1.165) is 12.8 Å². The van der Waals surface area contributed by atoms with Crippen molar-refractivity contribution in [3.05, 3.63) is 0 Å². The van der Waals surface area contributed by atoms with Crippen LogP contribution in [0.4, 0.5) is 0 Å². The van der Waals surface area contributed by atoms with Crippen LogP contribution in [0.3, 0.4) is 0 Å². The molecule has 0 radical (unpaired) electrons. The molecule has 2 nitrogen and oxygen atoms in total. The van der Waals surface area contributed by atoms with E-state index in [2.05, 4.69) is 19.6 Å². The van der Waals surface area contributed by atoms with Gasteiger partial charge in [-0.05, 0) is 6.42 Å². The summed E-state index contributed by atoms with van der Waals surface area (Å²) in [5.74, 6) is 0. The van der Waals surface area contributed by atoms with Crippen molar-refractivity contribution >= 4 is 12.6 Å². The molecule has 22 heavy (non-hydrogen) atoms. The van der Waals surface area contributed by atoms with Crippen LogP contribution in [0.1, 0.15) is 103 Å². The minimum absolute atomic E-state index is 0.0673. The summed E-state index contributed by atoms with van der Waals surface area (Å²) in [4.78, 5) is 0. The summed E-state index contributed by atoms with van der Waals surface area (Å²) in [6, 6.07) is 0. The highest BCUT2D eigenvalue weighted by Gasteiger charge is 2.12. The Morgan fingerprint density at radius 2 is 1.05 bits per heavy atom. The van der Waals surface area contributed by atoms with Crippen LogP contribution in [-0.4, -0.2) is 28.2 Å². The quantitative estimate of drug-likeness (QED) is 0.243. The molecular formula is C19H40O2S. The maximum absolute atomic E-state index is 9.40. The van der Waals surface area contributed by atoms with E-state index in [9.17, 15) is 5.11 Å². The summed E-state index contributed by atoms with van der Waals surface area (Å²) in [6.07, 6.45) is 19.3. The number of unbranched alkanes of at least 4 members (excludes halogenated alkanes) is 13. The van der Waals surface area contributed by atoms with Crippen LogP contribution in [0.2, 0.25) is 0 Å². The van der Waals surface area contributed by atoms with Gasteiger partial charge in [0.05, 0.1) is 12.7 Å². The SMILES string of the molecule is CCCCCCCCCCCCCCCCC(S)C(O)CO. The van der Waals surface area contributed by atoms with Crippen LogP contribution in [0.5, 0.6) is 0 Å². The van der Waals surface area contributed by atoms with E-state index < -0.39 is 6.10 Å². The van der Waals surface area contributed by atoms with Gasteiger partial charge in [-0.3, -0.25) is 0 Å². The van der Waals surface area contributed by atoms with Crippen molar-refractivity contribution in [2.45, 2.75) is 115 Å². The normalized spacial score (nSPS) is 14.2. The zero-order chi connectivity index (χ0) is 16.5. The summed E-state index contributed by atoms with van der Waals surface area (Å²) in [5, 5.41) is 18.2. The Bertz CT molecular complexity index is 212. The van der Waals surface area contributed by atoms with E-state index >= 15 is 0 Å². The molecule has 0 bridgehead atoms. The Morgan fingerprint density at radius 3 is 1.41 bits per heavy atom. The van der Waals surface area contributed by atoms with Gasteiger partial charge in [0.15, 0.2) is 0 Å². The molecule has 0 saturated heterocycles. The topological polar surface area (TPSA) is 40.5 Å². The number of hydrogen-bond acceptors (Lipinski definition) is 3. The average Bonchev–Trinajstić information content (AvgIpc) is 2.54. The molecule has 0 aliphatic carbocycles. The molecule has 0 saturated carbocycles. The van der Waals surface area contributed by atoms with Crippen molar-refractivity contribution in [2.24, 2.45) is 0 Å². The van der Waals surface area contributed by atoms with Crippen LogP contribution in [0.15, 0.2) is 0 Å². The lowest BCUT2D eigenvalue weighted by atomic mass is 10.0. The first-order chi connectivity index (χ1) is 10.7. The lowest BCUT2D eigenvalue weighted by molar-refractivity contribution is 0.0912. The van der Waals surface area contributed by atoms with Crippen LogP contribution in [-0.2, 0) is 0 Å². The van der Waals surface area contributed by atoms with E-state index in [4.69, 9.17) is 5.11 Å². The Morgan fingerprint density at radius 1 is 0.682 bits per heavy atom. The summed E-state index contributed by atoms with van der Waals surface area (Å²) < 4.78 is 0. The zero-order valence-electron chi connectivity index (χ0n) is 14.8. The Hall–Kier alpha value is 0.270. The smallest absolute Gasteiger partial charge is 0.0886 e. The fourth-order valence-electron chi connectivity index (χ4n) is 2.86. The highest BCUT2D eigenvalue weighted by atomic mass is 32.1. The number of aliphatic hydroxyl groups excluding tert-OH is 2. The Kier molecular flexibility index (Phi) is 17.8. The second kappa shape index (κ2) is 17.6. The van der Waals surface area contributed by atoms with Gasteiger partial charge in [0.2, 0.25) is 0 Å². The number of thiol groups is 1. The second-order valence-electron chi connectivity index (χ2n) is 6.70. The third-order valence-corrected chi connectivity index (χ3v) is 5.09. The minimum atomic E-state index is -0.662. The van der Waals surface area contributed by atoms with Crippen molar-refractivity contribution in [1.29, 1.82) is 0 Å². The zero-order valence-corrected chi connectivity index (χ0v) is 15.7. The molecule has 0 aromatic rings. The fraction of sp³-hybridized carbons (Fsp3) is 1.00. The van der Waals surface area contributed by atoms with Gasteiger partial charge >= 0.3 is 0 Å². The highest BCUT2D eigenvalue weighted by Crippen LogP contribution is 2.15. The van der Waals surface area contributed by atoms with E-state index in [1.807, 2.05) is 0 Å². The van der Waals surface area contributed by atoms with Gasteiger partial charge in [-0.2, -0.15) is 12.6 Å².